The van der Waals surface area contributed by atoms with E-state index in [1.807, 2.05) is 18.2 Å². The molecule has 1 aliphatic rings. The molecule has 1 amide bonds. The molecule has 0 atom stereocenters. The lowest BCUT2D eigenvalue weighted by Crippen LogP contribution is -2.32. The molecule has 1 aromatic carbocycles. The number of carbonyl (C=O) groups excluding carboxylic acids is 1. The Morgan fingerprint density at radius 1 is 1.30 bits per heavy atom. The first-order chi connectivity index (χ1) is 14.2. The molecule has 1 aromatic heterocycles. The molecule has 8 heteroatoms. The van der Waals surface area contributed by atoms with Crippen molar-refractivity contribution in [1.82, 2.24) is 10.3 Å². The van der Waals surface area contributed by atoms with Crippen LogP contribution in [0.4, 0.5) is 16.3 Å². The minimum atomic E-state index is -0.546. The van der Waals surface area contributed by atoms with Crippen molar-refractivity contribution in [3.05, 3.63) is 63.3 Å². The van der Waals surface area contributed by atoms with Crippen LogP contribution in [0, 0.1) is 22.0 Å². The number of nitro groups is 1. The highest BCUT2D eigenvalue weighted by atomic mass is 16.6. The Morgan fingerprint density at radius 3 is 2.83 bits per heavy atom. The molecule has 0 saturated heterocycles. The van der Waals surface area contributed by atoms with E-state index in [4.69, 9.17) is 4.74 Å². The minimum Gasteiger partial charge on any atom is -0.444 e. The second kappa shape index (κ2) is 8.82. The monoisotopic (exact) mass is 408 g/mol. The number of aromatic nitrogens is 1. The van der Waals surface area contributed by atoms with E-state index in [2.05, 4.69) is 27.0 Å². The topological polar surface area (TPSA) is 97.6 Å². The summed E-state index contributed by atoms with van der Waals surface area (Å²) in [6.45, 7) is 6.95. The summed E-state index contributed by atoms with van der Waals surface area (Å²) >= 11 is 0. The maximum Gasteiger partial charge on any atom is 0.408 e. The van der Waals surface area contributed by atoms with Gasteiger partial charge in [-0.1, -0.05) is 17.9 Å². The van der Waals surface area contributed by atoms with E-state index in [9.17, 15) is 14.9 Å². The van der Waals surface area contributed by atoms with Crippen LogP contribution in [0.3, 0.4) is 0 Å². The van der Waals surface area contributed by atoms with Gasteiger partial charge in [-0.2, -0.15) is 0 Å². The van der Waals surface area contributed by atoms with E-state index in [0.717, 1.165) is 29.1 Å². The summed E-state index contributed by atoms with van der Waals surface area (Å²) < 4.78 is 5.17. The van der Waals surface area contributed by atoms with Gasteiger partial charge in [-0.25, -0.2) is 9.78 Å². The molecule has 2 heterocycles. The van der Waals surface area contributed by atoms with E-state index in [-0.39, 0.29) is 17.2 Å². The number of nitrogens with one attached hydrogen (secondary N) is 1. The van der Waals surface area contributed by atoms with Gasteiger partial charge in [-0.15, -0.1) is 0 Å². The lowest BCUT2D eigenvalue weighted by molar-refractivity contribution is -0.384. The number of fused-ring (bicyclic) bond motifs is 1. The van der Waals surface area contributed by atoms with Crippen LogP contribution in [0.5, 0.6) is 0 Å². The first-order valence-electron chi connectivity index (χ1n) is 9.64. The zero-order chi connectivity index (χ0) is 21.7. The number of alkyl carbamates (subject to hydrolysis) is 1. The zero-order valence-corrected chi connectivity index (χ0v) is 17.3. The second-order valence-electron chi connectivity index (χ2n) is 7.94. The van der Waals surface area contributed by atoms with Crippen LogP contribution in [-0.4, -0.2) is 34.7 Å². The lowest BCUT2D eigenvalue weighted by atomic mass is 9.99. The summed E-state index contributed by atoms with van der Waals surface area (Å²) in [4.78, 5) is 28.8. The number of nitro benzene ring substituents is 1. The van der Waals surface area contributed by atoms with Gasteiger partial charge in [-0.3, -0.25) is 10.1 Å². The maximum absolute atomic E-state index is 11.6. The molecule has 0 aliphatic carbocycles. The van der Waals surface area contributed by atoms with Crippen molar-refractivity contribution in [3.63, 3.8) is 0 Å². The SMILES string of the molecule is CC(C)(C)OC(=O)NCC#Cc1ccnc(N2CCc3cc([N+](=O)[O-])ccc3C2)c1. The van der Waals surface area contributed by atoms with Crippen LogP contribution >= 0.6 is 0 Å². The Morgan fingerprint density at radius 2 is 2.10 bits per heavy atom. The van der Waals surface area contributed by atoms with Crippen LogP contribution in [0.15, 0.2) is 36.5 Å². The predicted octanol–water partition coefficient (Wildman–Crippen LogP) is 3.43. The van der Waals surface area contributed by atoms with Crippen molar-refractivity contribution >= 4 is 17.6 Å². The molecule has 0 saturated carbocycles. The fourth-order valence-corrected chi connectivity index (χ4v) is 3.09. The fourth-order valence-electron chi connectivity index (χ4n) is 3.09. The van der Waals surface area contributed by atoms with Crippen LogP contribution in [0.25, 0.3) is 0 Å². The molecule has 8 nitrogen and oxygen atoms in total. The highest BCUT2D eigenvalue weighted by Gasteiger charge is 2.20. The molecule has 1 aliphatic heterocycles. The molecular formula is C22H24N4O4. The number of pyridine rings is 1. The van der Waals surface area contributed by atoms with Crippen molar-refractivity contribution in [2.45, 2.75) is 39.3 Å². The zero-order valence-electron chi connectivity index (χ0n) is 17.3. The number of nitrogens with zero attached hydrogens (tertiary/aromatic N) is 3. The Kier molecular flexibility index (Phi) is 6.21. The molecule has 0 fully saturated rings. The van der Waals surface area contributed by atoms with E-state index < -0.39 is 11.7 Å². The average molecular weight is 408 g/mol. The van der Waals surface area contributed by atoms with Crippen molar-refractivity contribution in [3.8, 4) is 11.8 Å². The van der Waals surface area contributed by atoms with Crippen molar-refractivity contribution < 1.29 is 14.5 Å². The fraction of sp³-hybridized carbons (Fsp3) is 0.364. The van der Waals surface area contributed by atoms with Gasteiger partial charge in [0, 0.05) is 37.0 Å². The molecule has 0 radical (unpaired) electrons. The third kappa shape index (κ3) is 5.70. The number of hydrogen-bond donors (Lipinski definition) is 1. The summed E-state index contributed by atoms with van der Waals surface area (Å²) in [6, 6.07) is 8.71. The Hall–Kier alpha value is -3.60. The molecule has 156 valence electrons. The first-order valence-corrected chi connectivity index (χ1v) is 9.64. The van der Waals surface area contributed by atoms with Crippen LogP contribution in [0.1, 0.15) is 37.5 Å². The highest BCUT2D eigenvalue weighted by molar-refractivity contribution is 5.68. The largest absolute Gasteiger partial charge is 0.444 e. The number of carbonyl (C=O) groups is 1. The maximum atomic E-state index is 11.6. The van der Waals surface area contributed by atoms with Crippen molar-refractivity contribution in [2.24, 2.45) is 0 Å². The van der Waals surface area contributed by atoms with Gasteiger partial charge < -0.3 is 15.0 Å². The third-order valence-electron chi connectivity index (χ3n) is 4.44. The van der Waals surface area contributed by atoms with Crippen molar-refractivity contribution in [2.75, 3.05) is 18.0 Å². The number of hydrogen-bond acceptors (Lipinski definition) is 6. The van der Waals surface area contributed by atoms with Gasteiger partial charge >= 0.3 is 6.09 Å². The normalized spacial score (nSPS) is 13.0. The Balaban J connectivity index is 1.62. The van der Waals surface area contributed by atoms with E-state index >= 15 is 0 Å². The average Bonchev–Trinajstić information content (AvgIpc) is 2.69. The molecule has 0 bridgehead atoms. The van der Waals surface area contributed by atoms with Gasteiger partial charge in [0.25, 0.3) is 5.69 Å². The van der Waals surface area contributed by atoms with Gasteiger partial charge in [0.1, 0.15) is 11.4 Å². The van der Waals surface area contributed by atoms with Gasteiger partial charge in [-0.05, 0) is 50.5 Å². The summed E-state index contributed by atoms with van der Waals surface area (Å²) in [6.07, 6.45) is 1.92. The highest BCUT2D eigenvalue weighted by Crippen LogP contribution is 2.26. The molecule has 3 rings (SSSR count). The number of amides is 1. The number of anilines is 1. The third-order valence-corrected chi connectivity index (χ3v) is 4.44. The molecule has 0 unspecified atom stereocenters. The van der Waals surface area contributed by atoms with Crippen LogP contribution in [0.2, 0.25) is 0 Å². The number of rotatable bonds is 3. The number of non-ortho nitro benzene ring substituents is 1. The molecule has 2 aromatic rings. The smallest absolute Gasteiger partial charge is 0.408 e. The van der Waals surface area contributed by atoms with Gasteiger partial charge in [0.2, 0.25) is 0 Å². The lowest BCUT2D eigenvalue weighted by Gasteiger charge is -2.29. The predicted molar refractivity (Wildman–Crippen MR) is 113 cm³/mol. The minimum absolute atomic E-state index is 0.123. The Bertz CT molecular complexity index is 1020. The summed E-state index contributed by atoms with van der Waals surface area (Å²) in [5.74, 6) is 6.73. The molecule has 30 heavy (non-hydrogen) atoms. The van der Waals surface area contributed by atoms with E-state index in [0.29, 0.717) is 13.0 Å². The van der Waals surface area contributed by atoms with Gasteiger partial charge in [0.05, 0.1) is 11.5 Å². The van der Waals surface area contributed by atoms with E-state index in [1.165, 1.54) is 6.07 Å². The summed E-state index contributed by atoms with van der Waals surface area (Å²) in [5, 5.41) is 13.6. The number of ether oxygens (including phenoxy) is 1. The molecular weight excluding hydrogens is 384 g/mol. The Labute approximate surface area is 175 Å². The first kappa shape index (κ1) is 21.1. The van der Waals surface area contributed by atoms with E-state index in [1.54, 1.807) is 33.0 Å². The van der Waals surface area contributed by atoms with Crippen LogP contribution < -0.4 is 10.2 Å². The second-order valence-corrected chi connectivity index (χ2v) is 7.94. The summed E-state index contributed by atoms with van der Waals surface area (Å²) in [5.41, 5.74) is 2.43. The van der Waals surface area contributed by atoms with Crippen molar-refractivity contribution in [1.29, 1.82) is 0 Å². The molecule has 1 N–H and O–H groups in total. The summed E-state index contributed by atoms with van der Waals surface area (Å²) in [7, 11) is 0. The molecule has 0 spiro atoms. The number of benzene rings is 1. The quantitative estimate of drug-likeness (QED) is 0.475. The van der Waals surface area contributed by atoms with Crippen LogP contribution in [-0.2, 0) is 17.7 Å². The standard InChI is InChI=1S/C22H24N4O4/c1-22(2,3)30-21(27)24-10-4-5-16-8-11-23-20(13-16)25-12-9-17-14-19(26(28)29)7-6-18(17)15-25/h6-8,11,13-14H,9-10,12,15H2,1-3H3,(H,24,27). The van der Waals surface area contributed by atoms with Gasteiger partial charge in [0.15, 0.2) is 0 Å².